The van der Waals surface area contributed by atoms with Gasteiger partial charge in [0.2, 0.25) is 0 Å². The lowest BCUT2D eigenvalue weighted by molar-refractivity contribution is 0.0983. The minimum atomic E-state index is -0.196. The lowest BCUT2D eigenvalue weighted by Gasteiger charge is -2.38. The first kappa shape index (κ1) is 16.5. The van der Waals surface area contributed by atoms with Crippen LogP contribution in [0.25, 0.3) is 16.6 Å². The molecule has 2 N–H and O–H groups in total. The molecule has 1 saturated heterocycles. The van der Waals surface area contributed by atoms with Crippen molar-refractivity contribution in [1.29, 1.82) is 5.26 Å². The van der Waals surface area contributed by atoms with Gasteiger partial charge in [-0.05, 0) is 37.3 Å². The number of aromatic nitrogens is 2. The van der Waals surface area contributed by atoms with E-state index in [4.69, 9.17) is 0 Å². The molecule has 126 valence electrons. The van der Waals surface area contributed by atoms with Crippen molar-refractivity contribution in [1.82, 2.24) is 14.9 Å². The van der Waals surface area contributed by atoms with E-state index in [1.54, 1.807) is 0 Å². The van der Waals surface area contributed by atoms with Gasteiger partial charge in [-0.2, -0.15) is 5.26 Å². The molecule has 3 atom stereocenters. The Morgan fingerprint density at radius 1 is 1.33 bits per heavy atom. The van der Waals surface area contributed by atoms with Crippen LogP contribution in [0.5, 0.6) is 0 Å². The van der Waals surface area contributed by atoms with Crippen LogP contribution in [0.1, 0.15) is 33.0 Å². The molecule has 1 aliphatic heterocycles. The molecule has 0 bridgehead atoms. The fourth-order valence-corrected chi connectivity index (χ4v) is 3.71. The van der Waals surface area contributed by atoms with Gasteiger partial charge in [0, 0.05) is 13.1 Å². The second-order valence-corrected chi connectivity index (χ2v) is 7.05. The van der Waals surface area contributed by atoms with Crippen LogP contribution >= 0.6 is 0 Å². The summed E-state index contributed by atoms with van der Waals surface area (Å²) in [5, 5.41) is 20.3. The number of hydrogen-bond donors (Lipinski definition) is 2. The van der Waals surface area contributed by atoms with E-state index in [1.165, 1.54) is 6.42 Å². The zero-order valence-corrected chi connectivity index (χ0v) is 14.5. The van der Waals surface area contributed by atoms with Crippen molar-refractivity contribution in [3.05, 3.63) is 35.8 Å². The zero-order chi connectivity index (χ0) is 17.3. The number of rotatable bonds is 3. The largest absolute Gasteiger partial charge is 0.509 e. The number of allylic oxidation sites excluding steroid dienone is 1. The van der Waals surface area contributed by atoms with Crippen molar-refractivity contribution in [2.45, 2.75) is 33.2 Å². The lowest BCUT2D eigenvalue weighted by Crippen LogP contribution is -2.44. The van der Waals surface area contributed by atoms with Gasteiger partial charge < -0.3 is 10.1 Å². The van der Waals surface area contributed by atoms with E-state index in [2.05, 4.69) is 34.8 Å². The number of aliphatic hydroxyl groups is 1. The SMILES string of the molecule is C[C@@H]1C[C@@H](C)CN([C@@H](C)/C(O)=C(\C#N)c2nc3ccccc3[nH]2)C1. The highest BCUT2D eigenvalue weighted by Crippen LogP contribution is 2.27. The highest BCUT2D eigenvalue weighted by molar-refractivity contribution is 5.82. The Labute approximate surface area is 142 Å². The molecule has 0 unspecified atom stereocenters. The number of nitriles is 1. The van der Waals surface area contributed by atoms with E-state index in [1.807, 2.05) is 31.2 Å². The first-order valence-electron chi connectivity index (χ1n) is 8.52. The Morgan fingerprint density at radius 3 is 2.62 bits per heavy atom. The van der Waals surface area contributed by atoms with Crippen molar-refractivity contribution in [3.63, 3.8) is 0 Å². The normalized spacial score (nSPS) is 24.4. The van der Waals surface area contributed by atoms with Gasteiger partial charge in [-0.15, -0.1) is 0 Å². The Balaban J connectivity index is 1.93. The number of fused-ring (bicyclic) bond motifs is 1. The molecule has 3 rings (SSSR count). The van der Waals surface area contributed by atoms with E-state index in [0.29, 0.717) is 17.7 Å². The van der Waals surface area contributed by atoms with Gasteiger partial charge in [-0.3, -0.25) is 4.90 Å². The number of aliphatic hydroxyl groups excluding tert-OH is 1. The summed E-state index contributed by atoms with van der Waals surface area (Å²) < 4.78 is 0. The summed E-state index contributed by atoms with van der Waals surface area (Å²) in [5.41, 5.74) is 1.88. The molecule has 2 heterocycles. The number of nitrogens with zero attached hydrogens (tertiary/aromatic N) is 3. The van der Waals surface area contributed by atoms with Crippen molar-refractivity contribution >= 4 is 16.6 Å². The maximum atomic E-state index is 10.7. The average Bonchev–Trinajstić information content (AvgIpc) is 2.97. The standard InChI is InChI=1S/C19H24N4O/c1-12-8-13(2)11-23(10-12)14(3)18(24)15(9-20)19-21-16-6-4-5-7-17(16)22-19/h4-7,12-14,24H,8,10-11H2,1-3H3,(H,21,22)/b18-15-/t12-,13-,14+/m1/s1. The van der Waals surface area contributed by atoms with Crippen LogP contribution in [-0.4, -0.2) is 39.1 Å². The van der Waals surface area contributed by atoms with Gasteiger partial charge in [0.05, 0.1) is 17.1 Å². The maximum absolute atomic E-state index is 10.7. The molecule has 1 aromatic heterocycles. The number of imidazole rings is 1. The van der Waals surface area contributed by atoms with Gasteiger partial charge in [-0.1, -0.05) is 26.0 Å². The number of nitrogens with one attached hydrogen (secondary N) is 1. The number of benzene rings is 1. The van der Waals surface area contributed by atoms with Crippen LogP contribution in [0, 0.1) is 23.2 Å². The summed E-state index contributed by atoms with van der Waals surface area (Å²) in [6, 6.07) is 9.55. The molecule has 0 spiro atoms. The summed E-state index contributed by atoms with van der Waals surface area (Å²) in [6.45, 7) is 8.31. The third kappa shape index (κ3) is 3.15. The van der Waals surface area contributed by atoms with Crippen LogP contribution in [-0.2, 0) is 0 Å². The Kier molecular flexibility index (Phi) is 4.59. The summed E-state index contributed by atoms with van der Waals surface area (Å²) in [7, 11) is 0. The quantitative estimate of drug-likeness (QED) is 0.666. The van der Waals surface area contributed by atoms with Crippen LogP contribution in [0.3, 0.4) is 0 Å². The monoisotopic (exact) mass is 324 g/mol. The summed E-state index contributed by atoms with van der Waals surface area (Å²) in [6.07, 6.45) is 1.21. The molecular weight excluding hydrogens is 300 g/mol. The Bertz CT molecular complexity index is 758. The third-order valence-corrected chi connectivity index (χ3v) is 4.83. The van der Waals surface area contributed by atoms with Crippen molar-refractivity contribution in [3.8, 4) is 6.07 Å². The van der Waals surface area contributed by atoms with Crippen molar-refractivity contribution < 1.29 is 5.11 Å². The minimum absolute atomic E-state index is 0.0952. The van der Waals surface area contributed by atoms with E-state index in [9.17, 15) is 10.4 Å². The molecule has 5 nitrogen and oxygen atoms in total. The molecule has 24 heavy (non-hydrogen) atoms. The molecule has 1 fully saturated rings. The van der Waals surface area contributed by atoms with Crippen molar-refractivity contribution in [2.75, 3.05) is 13.1 Å². The summed E-state index contributed by atoms with van der Waals surface area (Å²) >= 11 is 0. The molecule has 1 aromatic carbocycles. The van der Waals surface area contributed by atoms with Crippen LogP contribution in [0.15, 0.2) is 30.0 Å². The lowest BCUT2D eigenvalue weighted by atomic mass is 9.90. The zero-order valence-electron chi connectivity index (χ0n) is 14.5. The molecule has 1 aliphatic rings. The first-order chi connectivity index (χ1) is 11.5. The van der Waals surface area contributed by atoms with Crippen LogP contribution in [0.2, 0.25) is 0 Å². The number of likely N-dealkylation sites (tertiary alicyclic amines) is 1. The van der Waals surface area contributed by atoms with Gasteiger partial charge in [0.15, 0.2) is 5.82 Å². The van der Waals surface area contributed by atoms with Crippen LogP contribution in [0.4, 0.5) is 0 Å². The minimum Gasteiger partial charge on any atom is -0.509 e. The summed E-state index contributed by atoms with van der Waals surface area (Å²) in [4.78, 5) is 9.84. The van der Waals surface area contributed by atoms with E-state index in [0.717, 1.165) is 24.1 Å². The molecule has 0 aliphatic carbocycles. The second kappa shape index (κ2) is 6.66. The maximum Gasteiger partial charge on any atom is 0.152 e. The predicted octanol–water partition coefficient (Wildman–Crippen LogP) is 3.72. The van der Waals surface area contributed by atoms with E-state index >= 15 is 0 Å². The fourth-order valence-electron chi connectivity index (χ4n) is 3.71. The molecule has 2 aromatic rings. The van der Waals surface area contributed by atoms with Gasteiger partial charge in [0.25, 0.3) is 0 Å². The number of piperidine rings is 1. The molecule has 0 amide bonds. The van der Waals surface area contributed by atoms with Crippen LogP contribution < -0.4 is 0 Å². The smallest absolute Gasteiger partial charge is 0.152 e. The second-order valence-electron chi connectivity index (χ2n) is 7.05. The van der Waals surface area contributed by atoms with Gasteiger partial charge in [-0.25, -0.2) is 4.98 Å². The molecule has 0 saturated carbocycles. The molecular formula is C19H24N4O. The third-order valence-electron chi connectivity index (χ3n) is 4.83. The number of para-hydroxylation sites is 2. The van der Waals surface area contributed by atoms with E-state index < -0.39 is 0 Å². The van der Waals surface area contributed by atoms with Crippen molar-refractivity contribution in [2.24, 2.45) is 11.8 Å². The number of hydrogen-bond acceptors (Lipinski definition) is 4. The Hall–Kier alpha value is -2.32. The van der Waals surface area contributed by atoms with Gasteiger partial charge >= 0.3 is 0 Å². The van der Waals surface area contributed by atoms with E-state index in [-0.39, 0.29) is 17.4 Å². The average molecular weight is 324 g/mol. The highest BCUT2D eigenvalue weighted by atomic mass is 16.3. The molecule has 0 radical (unpaired) electrons. The fraction of sp³-hybridized carbons (Fsp3) is 0.474. The summed E-state index contributed by atoms with van der Waals surface area (Å²) in [5.74, 6) is 1.72. The predicted molar refractivity (Wildman–Crippen MR) is 95.2 cm³/mol. The van der Waals surface area contributed by atoms with Gasteiger partial charge in [0.1, 0.15) is 17.4 Å². The Morgan fingerprint density at radius 2 is 2.00 bits per heavy atom. The highest BCUT2D eigenvalue weighted by Gasteiger charge is 2.29. The topological polar surface area (TPSA) is 75.9 Å². The molecule has 5 heteroatoms. The number of aromatic amines is 1. The number of H-pyrrole nitrogens is 1. The first-order valence-corrected chi connectivity index (χ1v) is 8.52.